The highest BCUT2D eigenvalue weighted by molar-refractivity contribution is 8.00. The molecule has 3 aromatic rings. The molecule has 5 atom stereocenters. The predicted molar refractivity (Wildman–Crippen MR) is 142 cm³/mol. The highest BCUT2D eigenvalue weighted by Crippen LogP contribution is 2.64. The van der Waals surface area contributed by atoms with Gasteiger partial charge in [-0.3, -0.25) is 14.2 Å². The van der Waals surface area contributed by atoms with Crippen LogP contribution < -0.4 is 15.3 Å². The van der Waals surface area contributed by atoms with Crippen molar-refractivity contribution in [2.45, 2.75) is 46.9 Å². The largest absolute Gasteiger partial charge is 0.325 e. The van der Waals surface area contributed by atoms with Gasteiger partial charge in [0.15, 0.2) is 0 Å². The molecule has 5 unspecified atom stereocenters. The number of primary sulfonamides is 1. The van der Waals surface area contributed by atoms with E-state index in [1.807, 2.05) is 12.1 Å². The fraction of sp³-hybridized carbons (Fsp3) is 0.360. The third-order valence-electron chi connectivity index (χ3n) is 7.69. The first kappa shape index (κ1) is 24.2. The van der Waals surface area contributed by atoms with E-state index < -0.39 is 10.0 Å². The summed E-state index contributed by atoms with van der Waals surface area (Å²) in [5, 5.41) is 9.93. The Balaban J connectivity index is 1.31. The maximum Gasteiger partial charge on any atom is 0.308 e. The van der Waals surface area contributed by atoms with Gasteiger partial charge < -0.3 is 5.32 Å². The SMILES string of the molecule is NS(=O)(=O)c1ccc(NC(=O)Cn2c3c(sc2=O)C(c2ccc(Cl)cc2)C2C4CCC(C4)C2S3)cc1. The summed E-state index contributed by atoms with van der Waals surface area (Å²) in [7, 11) is -3.81. The fourth-order valence-corrected chi connectivity index (χ4v) is 9.99. The summed E-state index contributed by atoms with van der Waals surface area (Å²) < 4.78 is 24.5. The van der Waals surface area contributed by atoms with Crippen LogP contribution in [0, 0.1) is 17.8 Å². The number of nitrogens with two attached hydrogens (primary N) is 1. The summed E-state index contributed by atoms with van der Waals surface area (Å²) in [5.41, 5.74) is 1.61. The van der Waals surface area contributed by atoms with Crippen molar-refractivity contribution in [3.05, 3.63) is 73.7 Å². The first-order valence-corrected chi connectivity index (χ1v) is 15.4. The Hall–Kier alpha value is -2.11. The average molecular weight is 562 g/mol. The summed E-state index contributed by atoms with van der Waals surface area (Å²) >= 11 is 9.20. The Labute approximate surface area is 222 Å². The molecule has 2 heterocycles. The van der Waals surface area contributed by atoms with E-state index in [2.05, 4.69) is 17.4 Å². The number of nitrogens with zero attached hydrogens (tertiary/aromatic N) is 1. The van der Waals surface area contributed by atoms with E-state index in [0.29, 0.717) is 33.7 Å². The molecule has 6 rings (SSSR count). The van der Waals surface area contributed by atoms with Crippen molar-refractivity contribution >= 4 is 56.3 Å². The zero-order valence-corrected chi connectivity index (χ0v) is 22.3. The number of thioether (sulfide) groups is 1. The van der Waals surface area contributed by atoms with Gasteiger partial charge in [0, 0.05) is 26.8 Å². The second kappa shape index (κ2) is 9.02. The van der Waals surface area contributed by atoms with Gasteiger partial charge in [-0.1, -0.05) is 35.1 Å². The molecule has 2 aliphatic carbocycles. The van der Waals surface area contributed by atoms with E-state index in [4.69, 9.17) is 16.7 Å². The minimum absolute atomic E-state index is 0.0336. The Morgan fingerprint density at radius 3 is 2.47 bits per heavy atom. The summed E-state index contributed by atoms with van der Waals surface area (Å²) in [6.45, 7) is -0.104. The molecule has 36 heavy (non-hydrogen) atoms. The molecule has 3 N–H and O–H groups in total. The van der Waals surface area contributed by atoms with E-state index in [9.17, 15) is 18.0 Å². The molecule has 2 fully saturated rings. The number of carbonyl (C=O) groups excluding carboxylic acids is 1. The lowest BCUT2D eigenvalue weighted by molar-refractivity contribution is -0.116. The van der Waals surface area contributed by atoms with Crippen LogP contribution in [0.5, 0.6) is 0 Å². The van der Waals surface area contributed by atoms with Gasteiger partial charge in [-0.15, -0.1) is 11.8 Å². The molecule has 2 saturated carbocycles. The topological polar surface area (TPSA) is 111 Å². The number of benzene rings is 2. The number of fused-ring (bicyclic) bond motifs is 6. The molecule has 0 radical (unpaired) electrons. The lowest BCUT2D eigenvalue weighted by Gasteiger charge is -2.40. The summed E-state index contributed by atoms with van der Waals surface area (Å²) in [6, 6.07) is 13.6. The highest BCUT2D eigenvalue weighted by Gasteiger charge is 2.55. The predicted octanol–water partition coefficient (Wildman–Crippen LogP) is 4.50. The molecule has 2 bridgehead atoms. The van der Waals surface area contributed by atoms with Crippen LogP contribution in [0.25, 0.3) is 0 Å². The smallest absolute Gasteiger partial charge is 0.308 e. The van der Waals surface area contributed by atoms with Gasteiger partial charge in [0.2, 0.25) is 15.9 Å². The Morgan fingerprint density at radius 1 is 1.08 bits per heavy atom. The number of amides is 1. The monoisotopic (exact) mass is 561 g/mol. The van der Waals surface area contributed by atoms with Crippen molar-refractivity contribution in [3.63, 3.8) is 0 Å². The van der Waals surface area contributed by atoms with Gasteiger partial charge >= 0.3 is 4.87 Å². The van der Waals surface area contributed by atoms with Gasteiger partial charge in [-0.05, 0) is 79.0 Å². The minimum Gasteiger partial charge on any atom is -0.325 e. The van der Waals surface area contributed by atoms with Crippen LogP contribution >= 0.6 is 34.7 Å². The van der Waals surface area contributed by atoms with Crippen molar-refractivity contribution in [2.24, 2.45) is 22.9 Å². The number of anilines is 1. The number of nitrogens with one attached hydrogen (secondary N) is 1. The van der Waals surface area contributed by atoms with Gasteiger partial charge in [0.1, 0.15) is 6.54 Å². The second-order valence-corrected chi connectivity index (χ2v) is 13.9. The first-order valence-electron chi connectivity index (χ1n) is 11.8. The molecule has 7 nitrogen and oxygen atoms in total. The number of sulfonamides is 1. The van der Waals surface area contributed by atoms with E-state index in [1.165, 1.54) is 60.4 Å². The standard InChI is InChI=1S/C25H24ClN3O4S3/c26-16-5-3-13(4-6-16)20-21-14-1-2-15(11-14)22(21)34-24-23(20)35-25(31)29(24)12-19(30)28-17-7-9-18(10-8-17)36(27,32)33/h3-10,14-15,20-22H,1-2,11-12H2,(H,28,30)(H2,27,32,33). The van der Waals surface area contributed by atoms with Crippen LogP contribution in [0.4, 0.5) is 5.69 Å². The lowest BCUT2D eigenvalue weighted by atomic mass is 9.75. The van der Waals surface area contributed by atoms with Crippen LogP contribution in [0.15, 0.2) is 63.2 Å². The summed E-state index contributed by atoms with van der Waals surface area (Å²) in [4.78, 5) is 26.9. The zero-order valence-electron chi connectivity index (χ0n) is 19.1. The molecular weight excluding hydrogens is 538 g/mol. The van der Waals surface area contributed by atoms with Crippen molar-refractivity contribution in [1.29, 1.82) is 0 Å². The van der Waals surface area contributed by atoms with E-state index in [-0.39, 0.29) is 28.1 Å². The molecule has 0 saturated heterocycles. The van der Waals surface area contributed by atoms with Crippen LogP contribution in [-0.4, -0.2) is 24.1 Å². The normalized spacial score (nSPS) is 26.4. The van der Waals surface area contributed by atoms with Crippen LogP contribution in [-0.2, 0) is 21.4 Å². The average Bonchev–Trinajstić information content (AvgIpc) is 3.53. The van der Waals surface area contributed by atoms with E-state index in [0.717, 1.165) is 9.90 Å². The Kier molecular flexibility index (Phi) is 6.07. The molecule has 0 spiro atoms. The Morgan fingerprint density at radius 2 is 1.78 bits per heavy atom. The maximum absolute atomic E-state index is 13.2. The molecule has 1 aromatic heterocycles. The van der Waals surface area contributed by atoms with Gasteiger partial charge in [-0.25, -0.2) is 13.6 Å². The third kappa shape index (κ3) is 4.22. The van der Waals surface area contributed by atoms with Crippen LogP contribution in [0.2, 0.25) is 5.02 Å². The molecule has 1 aliphatic heterocycles. The van der Waals surface area contributed by atoms with Crippen molar-refractivity contribution in [2.75, 3.05) is 5.32 Å². The number of hydrogen-bond acceptors (Lipinski definition) is 6. The first-order chi connectivity index (χ1) is 17.2. The number of aromatic nitrogens is 1. The number of carbonyl (C=O) groups is 1. The van der Waals surface area contributed by atoms with Crippen molar-refractivity contribution in [3.8, 4) is 0 Å². The lowest BCUT2D eigenvalue weighted by Crippen LogP contribution is -2.34. The number of halogens is 1. The van der Waals surface area contributed by atoms with Crippen LogP contribution in [0.3, 0.4) is 0 Å². The third-order valence-corrected chi connectivity index (χ3v) is 11.7. The molecule has 11 heteroatoms. The zero-order chi connectivity index (χ0) is 25.2. The second-order valence-electron chi connectivity index (χ2n) is 9.76. The highest BCUT2D eigenvalue weighted by atomic mass is 35.5. The van der Waals surface area contributed by atoms with Gasteiger partial charge in [-0.2, -0.15) is 0 Å². The van der Waals surface area contributed by atoms with Crippen LogP contribution in [0.1, 0.15) is 35.6 Å². The van der Waals surface area contributed by atoms with E-state index >= 15 is 0 Å². The van der Waals surface area contributed by atoms with Crippen molar-refractivity contribution in [1.82, 2.24) is 4.57 Å². The fourth-order valence-electron chi connectivity index (χ4n) is 6.20. The van der Waals surface area contributed by atoms with Gasteiger partial charge in [0.05, 0.1) is 9.92 Å². The van der Waals surface area contributed by atoms with Crippen molar-refractivity contribution < 1.29 is 13.2 Å². The molecule has 2 aromatic carbocycles. The molecular formula is C25H24ClN3O4S3. The number of rotatable bonds is 5. The molecule has 188 valence electrons. The summed E-state index contributed by atoms with van der Waals surface area (Å²) in [5.74, 6) is 1.57. The Bertz CT molecular complexity index is 1500. The number of thiazole rings is 1. The molecule has 1 amide bonds. The van der Waals surface area contributed by atoms with Gasteiger partial charge in [0.25, 0.3) is 0 Å². The maximum atomic E-state index is 13.2. The number of hydrogen-bond donors (Lipinski definition) is 2. The van der Waals surface area contributed by atoms with E-state index in [1.54, 1.807) is 16.3 Å². The summed E-state index contributed by atoms with van der Waals surface area (Å²) in [6.07, 6.45) is 3.71. The minimum atomic E-state index is -3.81. The molecule has 3 aliphatic rings. The quantitative estimate of drug-likeness (QED) is 0.476.